The Kier molecular flexibility index (Phi) is 7.90. The zero-order valence-electron chi connectivity index (χ0n) is 28.2. The van der Waals surface area contributed by atoms with Gasteiger partial charge in [0.05, 0.1) is 12.0 Å². The van der Waals surface area contributed by atoms with E-state index in [0.717, 1.165) is 95.1 Å². The first-order valence-electron chi connectivity index (χ1n) is 18.6. The summed E-state index contributed by atoms with van der Waals surface area (Å²) in [5, 5.41) is 10.1. The summed E-state index contributed by atoms with van der Waals surface area (Å²) in [6.45, 7) is 14.7. The van der Waals surface area contributed by atoms with Crippen LogP contribution in [-0.4, -0.2) is 79.6 Å². The first-order chi connectivity index (χ1) is 22.4. The van der Waals surface area contributed by atoms with Crippen molar-refractivity contribution in [2.45, 2.75) is 84.5 Å². The normalized spacial score (nSPS) is 36.2. The van der Waals surface area contributed by atoms with Crippen molar-refractivity contribution < 1.29 is 4.79 Å². The maximum Gasteiger partial charge on any atom is 0.229 e. The van der Waals surface area contributed by atoms with Crippen LogP contribution in [0, 0.1) is 45.8 Å². The SMILES string of the molecule is C[C@@]12C(=CC(=O)C[C@@H]1C#N)CC[C@@H]1C2=CC[C@]2(C)[C@@H](CCN3CCN(c4cc(N5CCCC5)nc(N5CCCC5)n4)CC3)CC[C@@H]12. The minimum Gasteiger partial charge on any atom is -0.356 e. The number of carbonyl (C=O) groups is 1. The van der Waals surface area contributed by atoms with Gasteiger partial charge in [0.2, 0.25) is 5.95 Å². The lowest BCUT2D eigenvalue weighted by Gasteiger charge is -2.54. The Labute approximate surface area is 275 Å². The summed E-state index contributed by atoms with van der Waals surface area (Å²) in [7, 11) is 0. The molecule has 8 heteroatoms. The average molecular weight is 624 g/mol. The summed E-state index contributed by atoms with van der Waals surface area (Å²) in [6, 6.07) is 4.83. The quantitative estimate of drug-likeness (QED) is 0.357. The van der Waals surface area contributed by atoms with Gasteiger partial charge in [-0.2, -0.15) is 15.2 Å². The van der Waals surface area contributed by atoms with Crippen LogP contribution in [0.5, 0.6) is 0 Å². The maximum atomic E-state index is 12.4. The lowest BCUT2D eigenvalue weighted by molar-refractivity contribution is -0.116. The van der Waals surface area contributed by atoms with E-state index in [-0.39, 0.29) is 17.1 Å². The highest BCUT2D eigenvalue weighted by atomic mass is 16.1. The van der Waals surface area contributed by atoms with E-state index >= 15 is 0 Å². The van der Waals surface area contributed by atoms with Gasteiger partial charge in [0.15, 0.2) is 5.78 Å². The Morgan fingerprint density at radius 1 is 0.891 bits per heavy atom. The minimum absolute atomic E-state index is 0.149. The number of anilines is 3. The van der Waals surface area contributed by atoms with E-state index in [9.17, 15) is 10.1 Å². The molecule has 8 rings (SSSR count). The van der Waals surface area contributed by atoms with Crippen LogP contribution in [0.4, 0.5) is 17.6 Å². The van der Waals surface area contributed by atoms with Crippen molar-refractivity contribution >= 4 is 23.4 Å². The Hall–Kier alpha value is -2.92. The predicted molar refractivity (Wildman–Crippen MR) is 183 cm³/mol. The fourth-order valence-electron chi connectivity index (χ4n) is 11.0. The van der Waals surface area contributed by atoms with E-state index in [1.165, 1.54) is 62.6 Å². The molecule has 1 aromatic rings. The number of nitrogens with zero attached hydrogens (tertiary/aromatic N) is 7. The first-order valence-corrected chi connectivity index (χ1v) is 18.6. The molecule has 0 bridgehead atoms. The van der Waals surface area contributed by atoms with Crippen LogP contribution in [0.15, 0.2) is 29.4 Å². The molecule has 4 aliphatic carbocycles. The molecule has 7 aliphatic rings. The summed E-state index contributed by atoms with van der Waals surface area (Å²) in [4.78, 5) is 32.7. The van der Waals surface area contributed by atoms with Crippen LogP contribution in [0.25, 0.3) is 0 Å². The van der Waals surface area contributed by atoms with E-state index in [2.05, 4.69) is 51.7 Å². The van der Waals surface area contributed by atoms with Crippen LogP contribution < -0.4 is 14.7 Å². The number of nitriles is 1. The lowest BCUT2D eigenvalue weighted by Crippen LogP contribution is -2.48. The fraction of sp³-hybridized carbons (Fsp3) is 0.737. The molecule has 2 saturated carbocycles. The molecule has 4 heterocycles. The van der Waals surface area contributed by atoms with Gasteiger partial charge in [-0.3, -0.25) is 9.69 Å². The Morgan fingerprint density at radius 3 is 2.26 bits per heavy atom. The maximum absolute atomic E-state index is 12.4. The van der Waals surface area contributed by atoms with Gasteiger partial charge in [0.25, 0.3) is 0 Å². The number of hydrogen-bond acceptors (Lipinski definition) is 8. The second kappa shape index (κ2) is 12.0. The van der Waals surface area contributed by atoms with Gasteiger partial charge in [-0.1, -0.05) is 31.1 Å². The van der Waals surface area contributed by atoms with Gasteiger partial charge in [-0.05, 0) is 100.0 Å². The number of aromatic nitrogens is 2. The zero-order valence-corrected chi connectivity index (χ0v) is 28.2. The summed E-state index contributed by atoms with van der Waals surface area (Å²) in [6.07, 6.45) is 17.0. The summed E-state index contributed by atoms with van der Waals surface area (Å²) < 4.78 is 0. The van der Waals surface area contributed by atoms with E-state index in [0.29, 0.717) is 23.7 Å². The average Bonchev–Trinajstić information content (AvgIpc) is 3.86. The third kappa shape index (κ3) is 5.07. The summed E-state index contributed by atoms with van der Waals surface area (Å²) in [5.74, 6) is 5.15. The highest BCUT2D eigenvalue weighted by molar-refractivity contribution is 5.92. The molecule has 46 heavy (non-hydrogen) atoms. The molecule has 3 saturated heterocycles. The molecule has 5 fully saturated rings. The highest BCUT2D eigenvalue weighted by Crippen LogP contribution is 2.65. The van der Waals surface area contributed by atoms with Crippen LogP contribution in [0.2, 0.25) is 0 Å². The van der Waals surface area contributed by atoms with Crippen molar-refractivity contribution in [3.05, 3.63) is 29.4 Å². The molecule has 0 amide bonds. The Balaban J connectivity index is 0.915. The summed E-state index contributed by atoms with van der Waals surface area (Å²) >= 11 is 0. The number of rotatable bonds is 6. The number of hydrogen-bond donors (Lipinski definition) is 0. The second-order valence-corrected chi connectivity index (χ2v) is 16.0. The smallest absolute Gasteiger partial charge is 0.229 e. The molecule has 0 aromatic carbocycles. The number of ketones is 1. The molecule has 246 valence electrons. The fourth-order valence-corrected chi connectivity index (χ4v) is 11.0. The number of fused-ring (bicyclic) bond motifs is 5. The van der Waals surface area contributed by atoms with Crippen molar-refractivity contribution in [1.29, 1.82) is 5.26 Å². The van der Waals surface area contributed by atoms with Gasteiger partial charge in [-0.25, -0.2) is 0 Å². The largest absolute Gasteiger partial charge is 0.356 e. The molecule has 0 N–H and O–H groups in total. The van der Waals surface area contributed by atoms with Crippen molar-refractivity contribution in [2.24, 2.45) is 34.5 Å². The molecule has 0 radical (unpaired) electrons. The van der Waals surface area contributed by atoms with Gasteiger partial charge in [-0.15, -0.1) is 0 Å². The summed E-state index contributed by atoms with van der Waals surface area (Å²) in [5.41, 5.74) is 2.85. The lowest BCUT2D eigenvalue weighted by atomic mass is 9.49. The number of carbonyl (C=O) groups excluding carboxylic acids is 1. The highest BCUT2D eigenvalue weighted by Gasteiger charge is 2.57. The molecular weight excluding hydrogens is 570 g/mol. The zero-order chi connectivity index (χ0) is 31.5. The Bertz CT molecular complexity index is 1410. The molecule has 8 nitrogen and oxygen atoms in total. The molecule has 6 atom stereocenters. The van der Waals surface area contributed by atoms with E-state index < -0.39 is 0 Å². The number of allylic oxidation sites excluding steroid dienone is 4. The van der Waals surface area contributed by atoms with Gasteiger partial charge in [0, 0.05) is 70.3 Å². The molecular formula is C38H53N7O. The van der Waals surface area contributed by atoms with E-state index in [1.54, 1.807) is 0 Å². The van der Waals surface area contributed by atoms with Crippen molar-refractivity contribution in [3.63, 3.8) is 0 Å². The van der Waals surface area contributed by atoms with Crippen LogP contribution in [0.1, 0.15) is 84.5 Å². The third-order valence-corrected chi connectivity index (χ3v) is 13.8. The molecule has 0 spiro atoms. The van der Waals surface area contributed by atoms with Crippen molar-refractivity contribution in [2.75, 3.05) is 73.6 Å². The van der Waals surface area contributed by atoms with E-state index in [4.69, 9.17) is 9.97 Å². The first kappa shape index (κ1) is 30.4. The topological polar surface area (TPSA) is 79.6 Å². The molecule has 3 aliphatic heterocycles. The standard InChI is InChI=1S/C38H53N7O/c1-37-13-11-33-31(9-7-28-23-30(46)24-29(26-39)38(28,33)2)32(37)10-8-27(37)12-18-42-19-21-44(22-20-42)35-25-34(43-14-3-4-15-43)40-36(41-35)45-16-5-6-17-45/h11,23,25,27,29,31-32H,3-10,12-22,24H2,1-2H3/t27-,29-,31+,32+,37-,38-/m1/s1. The van der Waals surface area contributed by atoms with Crippen LogP contribution >= 0.6 is 0 Å². The van der Waals surface area contributed by atoms with Crippen molar-refractivity contribution in [1.82, 2.24) is 14.9 Å². The van der Waals surface area contributed by atoms with E-state index in [1.807, 2.05) is 6.08 Å². The third-order valence-electron chi connectivity index (χ3n) is 13.8. The number of piperazine rings is 1. The molecule has 0 unspecified atom stereocenters. The minimum atomic E-state index is -0.237. The Morgan fingerprint density at radius 2 is 1.57 bits per heavy atom. The predicted octanol–water partition coefficient (Wildman–Crippen LogP) is 6.01. The second-order valence-electron chi connectivity index (χ2n) is 16.0. The van der Waals surface area contributed by atoms with Crippen LogP contribution in [-0.2, 0) is 4.79 Å². The molecule has 1 aromatic heterocycles. The monoisotopic (exact) mass is 623 g/mol. The van der Waals surface area contributed by atoms with Gasteiger partial charge in [0.1, 0.15) is 11.6 Å². The van der Waals surface area contributed by atoms with Gasteiger partial charge >= 0.3 is 0 Å². The van der Waals surface area contributed by atoms with Crippen LogP contribution in [0.3, 0.4) is 0 Å². The van der Waals surface area contributed by atoms with Crippen molar-refractivity contribution in [3.8, 4) is 6.07 Å². The van der Waals surface area contributed by atoms with Gasteiger partial charge < -0.3 is 14.7 Å².